The molecule has 0 unspecified atom stereocenters. The van der Waals surface area contributed by atoms with Gasteiger partial charge in [0.15, 0.2) is 0 Å². The third-order valence-electron chi connectivity index (χ3n) is 5.41. The average molecular weight is 471 g/mol. The summed E-state index contributed by atoms with van der Waals surface area (Å²) in [5.74, 6) is 0.200. The van der Waals surface area contributed by atoms with Gasteiger partial charge in [-0.3, -0.25) is 4.79 Å². The number of carbonyl (C=O) groups excluding carboxylic acids is 2. The number of ether oxygens (including phenoxy) is 1. The predicted octanol–water partition coefficient (Wildman–Crippen LogP) is 5.82. The number of aryl methyl sites for hydroxylation is 1. The summed E-state index contributed by atoms with van der Waals surface area (Å²) in [4.78, 5) is 28.6. The molecule has 4 aromatic rings. The van der Waals surface area contributed by atoms with E-state index in [0.717, 1.165) is 37.8 Å². The van der Waals surface area contributed by atoms with Gasteiger partial charge in [0.25, 0.3) is 5.91 Å². The third kappa shape index (κ3) is 4.75. The number of H-pyrrole nitrogens is 1. The molecule has 0 bridgehead atoms. The van der Waals surface area contributed by atoms with Gasteiger partial charge in [-0.15, -0.1) is 0 Å². The number of rotatable bonds is 6. The van der Waals surface area contributed by atoms with E-state index in [2.05, 4.69) is 29.2 Å². The van der Waals surface area contributed by atoms with E-state index in [4.69, 9.17) is 10.00 Å². The van der Waals surface area contributed by atoms with Crippen LogP contribution in [0.5, 0.6) is 5.75 Å². The summed E-state index contributed by atoms with van der Waals surface area (Å²) in [5.41, 5.74) is 4.46. The SMILES string of the molecule is COc1ccc2c(CCC#N)c(-c3cccc(NC(=O)N(S)C(=O)c4ccccc4)c3)[nH]c2c1. The summed E-state index contributed by atoms with van der Waals surface area (Å²) in [6.45, 7) is 0. The van der Waals surface area contributed by atoms with Gasteiger partial charge in [-0.1, -0.05) is 43.1 Å². The van der Waals surface area contributed by atoms with Crippen molar-refractivity contribution in [2.75, 3.05) is 12.4 Å². The topological polar surface area (TPSA) is 98.2 Å². The van der Waals surface area contributed by atoms with Crippen LogP contribution in [-0.4, -0.2) is 28.3 Å². The van der Waals surface area contributed by atoms with E-state index >= 15 is 0 Å². The maximum atomic E-state index is 12.7. The van der Waals surface area contributed by atoms with Gasteiger partial charge in [0.05, 0.1) is 13.2 Å². The lowest BCUT2D eigenvalue weighted by molar-refractivity contribution is 0.0902. The van der Waals surface area contributed by atoms with E-state index in [9.17, 15) is 9.59 Å². The minimum absolute atomic E-state index is 0.358. The largest absolute Gasteiger partial charge is 0.497 e. The molecule has 1 heterocycles. The molecule has 170 valence electrons. The molecule has 1 aromatic heterocycles. The zero-order valence-electron chi connectivity index (χ0n) is 18.4. The van der Waals surface area contributed by atoms with Crippen LogP contribution in [0.25, 0.3) is 22.2 Å². The van der Waals surface area contributed by atoms with Crippen LogP contribution in [0.15, 0.2) is 72.8 Å². The Morgan fingerprint density at radius 1 is 1.09 bits per heavy atom. The van der Waals surface area contributed by atoms with Crippen molar-refractivity contribution < 1.29 is 14.3 Å². The Bertz CT molecular complexity index is 1390. The smallest absolute Gasteiger partial charge is 0.338 e. The van der Waals surface area contributed by atoms with Gasteiger partial charge in [-0.25, -0.2) is 9.10 Å². The molecule has 0 aliphatic carbocycles. The number of methoxy groups -OCH3 is 1. The Morgan fingerprint density at radius 2 is 1.88 bits per heavy atom. The van der Waals surface area contributed by atoms with Gasteiger partial charge in [-0.2, -0.15) is 5.26 Å². The lowest BCUT2D eigenvalue weighted by Crippen LogP contribution is -2.32. The van der Waals surface area contributed by atoms with Crippen LogP contribution in [-0.2, 0) is 6.42 Å². The first-order valence-corrected chi connectivity index (χ1v) is 11.0. The second kappa shape index (κ2) is 10.1. The van der Waals surface area contributed by atoms with E-state index < -0.39 is 11.9 Å². The lowest BCUT2D eigenvalue weighted by Gasteiger charge is -2.15. The van der Waals surface area contributed by atoms with Crippen LogP contribution < -0.4 is 10.1 Å². The molecular weight excluding hydrogens is 448 g/mol. The summed E-state index contributed by atoms with van der Waals surface area (Å²) in [6, 6.07) is 23.0. The molecule has 4 rings (SSSR count). The minimum Gasteiger partial charge on any atom is -0.497 e. The van der Waals surface area contributed by atoms with E-state index in [0.29, 0.717) is 24.1 Å². The molecule has 34 heavy (non-hydrogen) atoms. The van der Waals surface area contributed by atoms with Crippen LogP contribution in [0.1, 0.15) is 22.3 Å². The quantitative estimate of drug-likeness (QED) is 0.309. The molecule has 0 atom stereocenters. The van der Waals surface area contributed by atoms with E-state index in [1.807, 2.05) is 36.4 Å². The Kier molecular flexibility index (Phi) is 6.85. The number of imide groups is 1. The molecule has 0 spiro atoms. The Hall–Kier alpha value is -4.22. The normalized spacial score (nSPS) is 10.5. The number of aromatic nitrogens is 1. The highest BCUT2D eigenvalue weighted by atomic mass is 32.1. The number of hydrogen-bond donors (Lipinski definition) is 3. The Morgan fingerprint density at radius 3 is 2.62 bits per heavy atom. The summed E-state index contributed by atoms with van der Waals surface area (Å²) < 4.78 is 6.08. The number of nitriles is 1. The number of aromatic amines is 1. The molecule has 3 aromatic carbocycles. The number of benzene rings is 3. The molecule has 0 aliphatic rings. The van der Waals surface area contributed by atoms with Crippen molar-refractivity contribution in [1.82, 2.24) is 9.29 Å². The van der Waals surface area contributed by atoms with Crippen molar-refractivity contribution in [3.63, 3.8) is 0 Å². The highest BCUT2D eigenvalue weighted by molar-refractivity contribution is 7.79. The predicted molar refractivity (Wildman–Crippen MR) is 135 cm³/mol. The first-order valence-electron chi connectivity index (χ1n) is 10.6. The first kappa shape index (κ1) is 23.0. The molecule has 8 heteroatoms. The molecule has 3 amide bonds. The number of nitrogens with one attached hydrogen (secondary N) is 2. The Labute approximate surface area is 202 Å². The highest BCUT2D eigenvalue weighted by Gasteiger charge is 2.20. The van der Waals surface area contributed by atoms with Gasteiger partial charge in [-0.05, 0) is 48.4 Å². The standard InChI is InChI=1S/C26H22N4O3S/c1-33-20-12-13-21-22(11-6-14-27)24(29-23(21)16-20)18-9-5-10-19(15-18)28-26(32)30(34)25(31)17-7-3-2-4-8-17/h2-5,7-10,12-13,15-16,29,34H,6,11H2,1H3,(H,28,32). The van der Waals surface area contributed by atoms with Gasteiger partial charge in [0.1, 0.15) is 5.75 Å². The number of thiol groups is 1. The second-order valence-corrected chi connectivity index (χ2v) is 7.94. The maximum Gasteiger partial charge on any atom is 0.338 e. The average Bonchev–Trinajstić information content (AvgIpc) is 3.24. The van der Waals surface area contributed by atoms with Crippen LogP contribution in [0.4, 0.5) is 10.5 Å². The fourth-order valence-electron chi connectivity index (χ4n) is 3.77. The van der Waals surface area contributed by atoms with Crippen molar-refractivity contribution >= 4 is 41.3 Å². The molecule has 0 saturated heterocycles. The van der Waals surface area contributed by atoms with Crippen LogP contribution >= 0.6 is 12.8 Å². The lowest BCUT2D eigenvalue weighted by atomic mass is 10.0. The third-order valence-corrected chi connectivity index (χ3v) is 5.77. The summed E-state index contributed by atoms with van der Waals surface area (Å²) in [7, 11) is 1.61. The van der Waals surface area contributed by atoms with Crippen LogP contribution in [0, 0.1) is 11.3 Å². The summed E-state index contributed by atoms with van der Waals surface area (Å²) >= 11 is 4.09. The number of nitrogens with zero attached hydrogens (tertiary/aromatic N) is 2. The van der Waals surface area contributed by atoms with Crippen molar-refractivity contribution in [3.8, 4) is 23.1 Å². The highest BCUT2D eigenvalue weighted by Crippen LogP contribution is 2.34. The van der Waals surface area contributed by atoms with Crippen molar-refractivity contribution in [1.29, 1.82) is 5.26 Å². The Balaban J connectivity index is 1.62. The van der Waals surface area contributed by atoms with E-state index in [1.54, 1.807) is 43.5 Å². The van der Waals surface area contributed by atoms with Gasteiger partial charge >= 0.3 is 6.03 Å². The molecule has 7 nitrogen and oxygen atoms in total. The first-order chi connectivity index (χ1) is 16.5. The van der Waals surface area contributed by atoms with Gasteiger partial charge in [0.2, 0.25) is 0 Å². The number of anilines is 1. The zero-order chi connectivity index (χ0) is 24.1. The summed E-state index contributed by atoms with van der Waals surface area (Å²) in [6.07, 6.45) is 0.948. The van der Waals surface area contributed by atoms with Crippen molar-refractivity contribution in [3.05, 3.63) is 83.9 Å². The number of hydrogen-bond acceptors (Lipinski definition) is 5. The summed E-state index contributed by atoms with van der Waals surface area (Å²) in [5, 5.41) is 12.9. The monoisotopic (exact) mass is 470 g/mol. The molecule has 0 radical (unpaired) electrons. The van der Waals surface area contributed by atoms with Crippen LogP contribution in [0.2, 0.25) is 0 Å². The molecule has 2 N–H and O–H groups in total. The molecule has 0 fully saturated rings. The number of carbonyl (C=O) groups is 2. The molecule has 0 aliphatic heterocycles. The van der Waals surface area contributed by atoms with E-state index in [-0.39, 0.29) is 0 Å². The maximum absolute atomic E-state index is 12.7. The molecule has 0 saturated carbocycles. The fraction of sp³-hybridized carbons (Fsp3) is 0.115. The number of amides is 3. The fourth-order valence-corrected chi connectivity index (χ4v) is 3.94. The molecular formula is C26H22N4O3S. The zero-order valence-corrected chi connectivity index (χ0v) is 19.3. The van der Waals surface area contributed by atoms with Gasteiger partial charge < -0.3 is 15.0 Å². The number of fused-ring (bicyclic) bond motifs is 1. The van der Waals surface area contributed by atoms with Crippen molar-refractivity contribution in [2.24, 2.45) is 0 Å². The van der Waals surface area contributed by atoms with E-state index in [1.165, 1.54) is 0 Å². The van der Waals surface area contributed by atoms with Gasteiger partial charge in [0, 0.05) is 45.9 Å². The van der Waals surface area contributed by atoms with Crippen molar-refractivity contribution in [2.45, 2.75) is 12.8 Å². The number of urea groups is 1. The van der Waals surface area contributed by atoms with Crippen LogP contribution in [0.3, 0.4) is 0 Å². The minimum atomic E-state index is -0.666. The second-order valence-electron chi connectivity index (χ2n) is 7.54.